The highest BCUT2D eigenvalue weighted by atomic mass is 16.5. The molecule has 28 heavy (non-hydrogen) atoms. The lowest BCUT2D eigenvalue weighted by Gasteiger charge is -2.08. The van der Waals surface area contributed by atoms with Crippen LogP contribution in [0.3, 0.4) is 0 Å². The molecule has 0 fully saturated rings. The number of aromatic nitrogens is 1. The first-order valence-electron chi connectivity index (χ1n) is 8.97. The molecule has 0 atom stereocenters. The van der Waals surface area contributed by atoms with E-state index in [1.807, 2.05) is 74.5 Å². The summed E-state index contributed by atoms with van der Waals surface area (Å²) in [6, 6.07) is 18.7. The third kappa shape index (κ3) is 3.47. The molecule has 0 saturated carbocycles. The second-order valence-electron chi connectivity index (χ2n) is 6.70. The van der Waals surface area contributed by atoms with Gasteiger partial charge in [-0.15, -0.1) is 0 Å². The number of rotatable bonds is 4. The summed E-state index contributed by atoms with van der Waals surface area (Å²) in [6.45, 7) is 3.94. The van der Waals surface area contributed by atoms with Gasteiger partial charge in [0.05, 0.1) is 7.11 Å². The minimum absolute atomic E-state index is 0.143. The molecule has 5 nitrogen and oxygen atoms in total. The summed E-state index contributed by atoms with van der Waals surface area (Å²) in [5, 5.41) is 2.94. The third-order valence-corrected chi connectivity index (χ3v) is 4.61. The summed E-state index contributed by atoms with van der Waals surface area (Å²) in [5.41, 5.74) is 5.61. The van der Waals surface area contributed by atoms with Crippen LogP contribution < -0.4 is 10.1 Å². The van der Waals surface area contributed by atoms with Crippen molar-refractivity contribution in [2.45, 2.75) is 13.8 Å². The molecule has 0 saturated heterocycles. The number of anilines is 1. The molecule has 1 N–H and O–H groups in total. The van der Waals surface area contributed by atoms with Gasteiger partial charge in [-0.3, -0.25) is 4.79 Å². The van der Waals surface area contributed by atoms with Crippen LogP contribution in [0.15, 0.2) is 65.1 Å². The number of carbonyl (C=O) groups is 1. The van der Waals surface area contributed by atoms with Crippen molar-refractivity contribution in [3.8, 4) is 17.2 Å². The number of benzene rings is 3. The smallest absolute Gasteiger partial charge is 0.255 e. The van der Waals surface area contributed by atoms with Gasteiger partial charge in [0, 0.05) is 16.8 Å². The number of oxazole rings is 1. The van der Waals surface area contributed by atoms with Gasteiger partial charge in [0.1, 0.15) is 11.3 Å². The van der Waals surface area contributed by atoms with Crippen molar-refractivity contribution in [2.75, 3.05) is 12.4 Å². The van der Waals surface area contributed by atoms with Crippen LogP contribution in [0.5, 0.6) is 5.75 Å². The Bertz CT molecular complexity index is 1160. The summed E-state index contributed by atoms with van der Waals surface area (Å²) in [5.74, 6) is 1.16. The molecule has 4 aromatic rings. The lowest BCUT2D eigenvalue weighted by molar-refractivity contribution is 0.102. The average Bonchev–Trinajstić information content (AvgIpc) is 3.11. The summed E-state index contributed by atoms with van der Waals surface area (Å²) >= 11 is 0. The molecule has 3 aromatic carbocycles. The number of nitrogens with one attached hydrogen (secondary N) is 1. The molecular weight excluding hydrogens is 352 g/mol. The van der Waals surface area contributed by atoms with Crippen molar-refractivity contribution in [2.24, 2.45) is 0 Å². The van der Waals surface area contributed by atoms with E-state index in [9.17, 15) is 4.79 Å². The number of methoxy groups -OCH3 is 1. The lowest BCUT2D eigenvalue weighted by atomic mass is 10.1. The first-order valence-corrected chi connectivity index (χ1v) is 8.97. The second-order valence-corrected chi connectivity index (χ2v) is 6.70. The van der Waals surface area contributed by atoms with E-state index in [1.165, 1.54) is 0 Å². The molecule has 1 aromatic heterocycles. The summed E-state index contributed by atoms with van der Waals surface area (Å²) < 4.78 is 11.0. The van der Waals surface area contributed by atoms with Gasteiger partial charge < -0.3 is 14.5 Å². The number of aryl methyl sites for hydroxylation is 2. The molecule has 0 aliphatic heterocycles. The van der Waals surface area contributed by atoms with Crippen molar-refractivity contribution in [3.63, 3.8) is 0 Å². The van der Waals surface area contributed by atoms with E-state index in [4.69, 9.17) is 9.15 Å². The Labute approximate surface area is 163 Å². The maximum Gasteiger partial charge on any atom is 0.255 e. The number of fused-ring (bicyclic) bond motifs is 1. The quantitative estimate of drug-likeness (QED) is 0.523. The highest BCUT2D eigenvalue weighted by Crippen LogP contribution is 2.27. The molecule has 1 heterocycles. The van der Waals surface area contributed by atoms with E-state index < -0.39 is 0 Å². The first kappa shape index (κ1) is 17.8. The SMILES string of the molecule is COc1ccc(-c2nc3cc(NC(=O)c4ccc(C)cc4C)ccc3o2)cc1. The molecule has 1 amide bonds. The molecule has 0 bridgehead atoms. The molecule has 140 valence electrons. The van der Waals surface area contributed by atoms with Crippen LogP contribution in [-0.2, 0) is 0 Å². The van der Waals surface area contributed by atoms with Crippen molar-refractivity contribution in [3.05, 3.63) is 77.4 Å². The highest BCUT2D eigenvalue weighted by molar-refractivity contribution is 6.05. The van der Waals surface area contributed by atoms with Crippen LogP contribution in [0.25, 0.3) is 22.6 Å². The van der Waals surface area contributed by atoms with Crippen molar-refractivity contribution >= 4 is 22.7 Å². The zero-order valence-electron chi connectivity index (χ0n) is 15.9. The van der Waals surface area contributed by atoms with Gasteiger partial charge in [-0.25, -0.2) is 4.98 Å². The highest BCUT2D eigenvalue weighted by Gasteiger charge is 2.12. The Morgan fingerprint density at radius 2 is 1.79 bits per heavy atom. The third-order valence-electron chi connectivity index (χ3n) is 4.61. The van der Waals surface area contributed by atoms with Crippen LogP contribution in [-0.4, -0.2) is 18.0 Å². The molecule has 0 unspecified atom stereocenters. The monoisotopic (exact) mass is 372 g/mol. The van der Waals surface area contributed by atoms with Crippen LogP contribution in [0, 0.1) is 13.8 Å². The van der Waals surface area contributed by atoms with Crippen LogP contribution >= 0.6 is 0 Å². The van der Waals surface area contributed by atoms with Gasteiger partial charge in [0.25, 0.3) is 5.91 Å². The van der Waals surface area contributed by atoms with Crippen molar-refractivity contribution < 1.29 is 13.9 Å². The fourth-order valence-electron chi connectivity index (χ4n) is 3.13. The Kier molecular flexibility index (Phi) is 4.57. The number of hydrogen-bond acceptors (Lipinski definition) is 4. The molecule has 0 aliphatic carbocycles. The zero-order chi connectivity index (χ0) is 19.7. The predicted octanol–water partition coefficient (Wildman–Crippen LogP) is 5.37. The van der Waals surface area contributed by atoms with Gasteiger partial charge in [0.15, 0.2) is 5.58 Å². The van der Waals surface area contributed by atoms with Gasteiger partial charge in [-0.05, 0) is 67.9 Å². The summed E-state index contributed by atoms with van der Waals surface area (Å²) in [7, 11) is 1.63. The summed E-state index contributed by atoms with van der Waals surface area (Å²) in [6.07, 6.45) is 0. The minimum Gasteiger partial charge on any atom is -0.497 e. The van der Waals surface area contributed by atoms with E-state index in [0.717, 1.165) is 22.4 Å². The van der Waals surface area contributed by atoms with Crippen LogP contribution in [0.2, 0.25) is 0 Å². The zero-order valence-corrected chi connectivity index (χ0v) is 15.9. The number of nitrogens with zero attached hydrogens (tertiary/aromatic N) is 1. The Hall–Kier alpha value is -3.60. The average molecular weight is 372 g/mol. The van der Waals surface area contributed by atoms with E-state index in [2.05, 4.69) is 10.3 Å². The van der Waals surface area contributed by atoms with E-state index in [1.54, 1.807) is 7.11 Å². The standard InChI is InChI=1S/C23H20N2O3/c1-14-4-10-19(15(2)12-14)22(26)24-17-7-11-21-20(13-17)25-23(28-21)16-5-8-18(27-3)9-6-16/h4-13H,1-3H3,(H,24,26). The van der Waals surface area contributed by atoms with E-state index >= 15 is 0 Å². The van der Waals surface area contributed by atoms with Crippen molar-refractivity contribution in [1.82, 2.24) is 4.98 Å². The van der Waals surface area contributed by atoms with Gasteiger partial charge >= 0.3 is 0 Å². The molecule has 5 heteroatoms. The number of ether oxygens (including phenoxy) is 1. The first-order chi connectivity index (χ1) is 13.5. The van der Waals surface area contributed by atoms with Crippen LogP contribution in [0.4, 0.5) is 5.69 Å². The van der Waals surface area contributed by atoms with E-state index in [0.29, 0.717) is 28.2 Å². The van der Waals surface area contributed by atoms with Gasteiger partial charge in [-0.2, -0.15) is 0 Å². The van der Waals surface area contributed by atoms with Crippen molar-refractivity contribution in [1.29, 1.82) is 0 Å². The topological polar surface area (TPSA) is 64.4 Å². The van der Waals surface area contributed by atoms with Gasteiger partial charge in [0.2, 0.25) is 5.89 Å². The fraction of sp³-hybridized carbons (Fsp3) is 0.130. The second kappa shape index (κ2) is 7.19. The van der Waals surface area contributed by atoms with Gasteiger partial charge in [-0.1, -0.05) is 17.7 Å². The Balaban J connectivity index is 1.59. The normalized spacial score (nSPS) is 10.8. The maximum absolute atomic E-state index is 12.6. The van der Waals surface area contributed by atoms with E-state index in [-0.39, 0.29) is 5.91 Å². The molecule has 4 rings (SSSR count). The largest absolute Gasteiger partial charge is 0.497 e. The predicted molar refractivity (Wildman–Crippen MR) is 110 cm³/mol. The fourth-order valence-corrected chi connectivity index (χ4v) is 3.13. The number of hydrogen-bond donors (Lipinski definition) is 1. The minimum atomic E-state index is -0.143. The molecule has 0 radical (unpaired) electrons. The molecule has 0 spiro atoms. The number of carbonyl (C=O) groups excluding carboxylic acids is 1. The van der Waals surface area contributed by atoms with Crippen LogP contribution in [0.1, 0.15) is 21.5 Å². The maximum atomic E-state index is 12.6. The molecule has 0 aliphatic rings. The number of amides is 1. The Morgan fingerprint density at radius 1 is 1.00 bits per heavy atom. The lowest BCUT2D eigenvalue weighted by Crippen LogP contribution is -2.13. The Morgan fingerprint density at radius 3 is 2.50 bits per heavy atom. The summed E-state index contributed by atoms with van der Waals surface area (Å²) in [4.78, 5) is 17.2. The molecular formula is C23H20N2O3.